The van der Waals surface area contributed by atoms with Crippen molar-refractivity contribution in [2.45, 2.75) is 65.3 Å². The largest absolute Gasteiger partial charge is 0.497 e. The van der Waals surface area contributed by atoms with Crippen LogP contribution in [0.1, 0.15) is 64.6 Å². The zero-order valence-corrected chi connectivity index (χ0v) is 27.4. The average molecular weight is 601 g/mol. The number of aryl methyl sites for hydroxylation is 1. The molecule has 1 aliphatic heterocycles. The average Bonchev–Trinajstić information content (AvgIpc) is 3.46. The minimum absolute atomic E-state index is 0.0496. The highest BCUT2D eigenvalue weighted by molar-refractivity contribution is 6.21. The Morgan fingerprint density at radius 1 is 1.24 bits per heavy atom. The molecule has 0 saturated carbocycles. The van der Waals surface area contributed by atoms with Crippen molar-refractivity contribution in [3.8, 4) is 11.4 Å². The van der Waals surface area contributed by atoms with Crippen molar-refractivity contribution >= 4 is 30.8 Å². The summed E-state index contributed by atoms with van der Waals surface area (Å²) in [5.74, 6) is 0.699. The van der Waals surface area contributed by atoms with Crippen LogP contribution in [0.3, 0.4) is 0 Å². The van der Waals surface area contributed by atoms with Gasteiger partial charge in [0.2, 0.25) is 0 Å². The Morgan fingerprint density at radius 2 is 2.04 bits per heavy atom. The SMILES string of the molecule is C=C/C=C1CC(=C)C2=C=CC=c3c(-c4ccc(CCC(=C)CCC)n4C)nn(c3=C2)[C@@H](C)CCO/C(C)=C(C=[N+]=C)/C(C=C)=N/1. The molecule has 45 heavy (non-hydrogen) atoms. The molecule has 1 aliphatic carbocycles. The number of hydrogen-bond donors (Lipinski definition) is 0. The first-order valence-electron chi connectivity index (χ1n) is 15.6. The van der Waals surface area contributed by atoms with Gasteiger partial charge in [-0.2, -0.15) is 5.10 Å². The van der Waals surface area contributed by atoms with Gasteiger partial charge in [0, 0.05) is 42.1 Å². The predicted molar refractivity (Wildman–Crippen MR) is 192 cm³/mol. The van der Waals surface area contributed by atoms with Crippen LogP contribution in [-0.2, 0) is 18.2 Å². The molecule has 0 aromatic carbocycles. The van der Waals surface area contributed by atoms with E-state index in [2.05, 4.69) is 97.9 Å². The van der Waals surface area contributed by atoms with Gasteiger partial charge in [0.05, 0.1) is 29.4 Å². The van der Waals surface area contributed by atoms with Gasteiger partial charge in [-0.15, -0.1) is 10.4 Å². The van der Waals surface area contributed by atoms with E-state index in [1.54, 1.807) is 18.4 Å². The van der Waals surface area contributed by atoms with E-state index in [0.717, 1.165) is 76.5 Å². The third-order valence-corrected chi connectivity index (χ3v) is 8.25. The summed E-state index contributed by atoms with van der Waals surface area (Å²) in [4.78, 5) is 4.93. The van der Waals surface area contributed by atoms with Crippen LogP contribution in [0.5, 0.6) is 0 Å². The summed E-state index contributed by atoms with van der Waals surface area (Å²) < 4.78 is 14.7. The zero-order chi connectivity index (χ0) is 32.5. The Kier molecular flexibility index (Phi) is 11.2. The first-order chi connectivity index (χ1) is 21.7. The van der Waals surface area contributed by atoms with Crippen molar-refractivity contribution in [1.29, 1.82) is 0 Å². The quantitative estimate of drug-likeness (QED) is 0.142. The van der Waals surface area contributed by atoms with Crippen molar-refractivity contribution in [2.75, 3.05) is 6.61 Å². The van der Waals surface area contributed by atoms with Crippen molar-refractivity contribution in [3.05, 3.63) is 118 Å². The topological polar surface area (TPSA) is 58.4 Å². The number of nitrogens with zero attached hydrogens (tertiary/aromatic N) is 5. The first-order valence-corrected chi connectivity index (χ1v) is 15.6. The Bertz CT molecular complexity index is 1850. The lowest BCUT2D eigenvalue weighted by Crippen LogP contribution is -2.32. The Balaban J connectivity index is 1.85. The highest BCUT2D eigenvalue weighted by Crippen LogP contribution is 2.24. The molecule has 6 heteroatoms. The number of fused-ring (bicyclic) bond motifs is 1. The maximum absolute atomic E-state index is 6.27. The van der Waals surface area contributed by atoms with Gasteiger partial charge in [0.25, 0.3) is 6.72 Å². The number of hydrogen-bond acceptors (Lipinski definition) is 3. The molecule has 0 amide bonds. The zero-order valence-electron chi connectivity index (χ0n) is 27.4. The molecule has 232 valence electrons. The molecular formula is C39H46N5O+. The highest BCUT2D eigenvalue weighted by atomic mass is 16.5. The van der Waals surface area contributed by atoms with Crippen LogP contribution < -0.4 is 15.2 Å². The van der Waals surface area contributed by atoms with E-state index >= 15 is 0 Å². The number of ether oxygens (including phenoxy) is 1. The molecule has 2 bridgehead atoms. The summed E-state index contributed by atoms with van der Waals surface area (Å²) in [7, 11) is 2.13. The third kappa shape index (κ3) is 7.61. The second kappa shape index (κ2) is 15.2. The lowest BCUT2D eigenvalue weighted by atomic mass is 10.0. The smallest absolute Gasteiger partial charge is 0.304 e. The number of rotatable bonds is 9. The second-order valence-corrected chi connectivity index (χ2v) is 11.5. The predicted octanol–water partition coefficient (Wildman–Crippen LogP) is 6.57. The van der Waals surface area contributed by atoms with Crippen LogP contribution in [0.4, 0.5) is 0 Å². The van der Waals surface area contributed by atoms with Crippen LogP contribution in [0, 0.1) is 0 Å². The minimum Gasteiger partial charge on any atom is -0.497 e. The summed E-state index contributed by atoms with van der Waals surface area (Å²) in [5.41, 5.74) is 12.0. The first kappa shape index (κ1) is 33.0. The number of aromatic nitrogens is 3. The molecule has 3 heterocycles. The summed E-state index contributed by atoms with van der Waals surface area (Å²) in [6, 6.07) is 4.44. The fourth-order valence-corrected chi connectivity index (χ4v) is 5.68. The van der Waals surface area contributed by atoms with Gasteiger partial charge in [0.15, 0.2) is 0 Å². The fourth-order valence-electron chi connectivity index (χ4n) is 5.68. The molecule has 0 saturated heterocycles. The van der Waals surface area contributed by atoms with E-state index in [1.165, 1.54) is 11.3 Å². The lowest BCUT2D eigenvalue weighted by Gasteiger charge is -2.15. The minimum atomic E-state index is 0.0496. The molecule has 6 nitrogen and oxygen atoms in total. The van der Waals surface area contributed by atoms with Gasteiger partial charge in [-0.25, -0.2) is 0 Å². The summed E-state index contributed by atoms with van der Waals surface area (Å²) in [6.45, 7) is 27.1. The highest BCUT2D eigenvalue weighted by Gasteiger charge is 2.20. The standard InChI is InChI=1S/C39H46N5O/c1-10-14-27(4)18-19-33-20-21-37(43(33)9)39-34-17-13-16-31-25-38(34)44(42-39)29(6)22-23-45-30(7)35(26-40-8)36(12-3)41-32(15-11-2)24-28(31)5/h11-13,15,17,20-21,25-26,29H,2-5,8,10,14,18-19,22-24H2,1,6-7,9H3/q+1/b32-15-,35-30+,41-36+/t29-/m0/s1. The van der Waals surface area contributed by atoms with Gasteiger partial charge < -0.3 is 9.30 Å². The van der Waals surface area contributed by atoms with Gasteiger partial charge >= 0.3 is 6.21 Å². The van der Waals surface area contributed by atoms with E-state index in [4.69, 9.17) is 14.8 Å². The lowest BCUT2D eigenvalue weighted by molar-refractivity contribution is 0.191. The van der Waals surface area contributed by atoms with E-state index in [9.17, 15) is 0 Å². The normalized spacial score (nSPS) is 20.6. The van der Waals surface area contributed by atoms with Gasteiger partial charge in [-0.1, -0.05) is 51.3 Å². The molecule has 0 unspecified atom stereocenters. The van der Waals surface area contributed by atoms with E-state index in [1.807, 2.05) is 19.1 Å². The molecule has 4 rings (SSSR count). The molecule has 0 N–H and O–H groups in total. The van der Waals surface area contributed by atoms with Gasteiger partial charge in [-0.05, 0) is 81.2 Å². The molecule has 0 fully saturated rings. The van der Waals surface area contributed by atoms with Crippen molar-refractivity contribution in [3.63, 3.8) is 0 Å². The van der Waals surface area contributed by atoms with Crippen molar-refractivity contribution in [1.82, 2.24) is 19.0 Å². The van der Waals surface area contributed by atoms with Crippen LogP contribution in [0.2, 0.25) is 0 Å². The maximum Gasteiger partial charge on any atom is 0.304 e. The maximum atomic E-state index is 6.27. The summed E-state index contributed by atoms with van der Waals surface area (Å²) in [5, 5.41) is 7.33. The van der Waals surface area contributed by atoms with Crippen molar-refractivity contribution in [2.24, 2.45) is 12.0 Å². The van der Waals surface area contributed by atoms with Crippen LogP contribution in [-0.4, -0.2) is 39.6 Å². The molecule has 1 atom stereocenters. The number of allylic oxidation sites excluding steroid dienone is 8. The van der Waals surface area contributed by atoms with Crippen molar-refractivity contribution < 1.29 is 4.74 Å². The summed E-state index contributed by atoms with van der Waals surface area (Å²) in [6.07, 6.45) is 18.6. The van der Waals surface area contributed by atoms with Gasteiger partial charge in [0.1, 0.15) is 17.0 Å². The number of aliphatic imine (C=N–C) groups is 1. The van der Waals surface area contributed by atoms with E-state index in [-0.39, 0.29) is 6.04 Å². The molecule has 2 aliphatic rings. The van der Waals surface area contributed by atoms with E-state index < -0.39 is 0 Å². The monoisotopic (exact) mass is 600 g/mol. The molecule has 0 radical (unpaired) electrons. The summed E-state index contributed by atoms with van der Waals surface area (Å²) >= 11 is 0. The van der Waals surface area contributed by atoms with Gasteiger partial charge in [-0.3, -0.25) is 9.67 Å². The Labute approximate surface area is 268 Å². The molecule has 2 aromatic heterocycles. The molecule has 0 spiro atoms. The van der Waals surface area contributed by atoms with Crippen LogP contribution in [0.15, 0.2) is 107 Å². The Hall–Kier alpha value is -4.89. The third-order valence-electron chi connectivity index (χ3n) is 8.25. The fraction of sp³-hybridized carbons (Fsp3) is 0.308. The molecular weight excluding hydrogens is 554 g/mol. The van der Waals surface area contributed by atoms with Crippen LogP contribution >= 0.6 is 0 Å². The second-order valence-electron chi connectivity index (χ2n) is 11.5. The van der Waals surface area contributed by atoms with E-state index in [0.29, 0.717) is 24.5 Å². The van der Waals surface area contributed by atoms with Crippen LogP contribution in [0.25, 0.3) is 23.5 Å². The molecule has 2 aromatic rings. The Morgan fingerprint density at radius 3 is 2.76 bits per heavy atom.